The molecular formula is C18H17NO. The van der Waals surface area contributed by atoms with Crippen LogP contribution in [-0.2, 0) is 6.54 Å². The fraction of sp³-hybridized carbons (Fsp3) is 0.111. The maximum Gasteiger partial charge on any atom is 0.124 e. The van der Waals surface area contributed by atoms with E-state index < -0.39 is 0 Å². The largest absolute Gasteiger partial charge is 0.496 e. The Balaban J connectivity index is 1.90. The maximum absolute atomic E-state index is 5.50. The van der Waals surface area contributed by atoms with Crippen LogP contribution in [0.1, 0.15) is 5.56 Å². The molecule has 0 amide bonds. The fourth-order valence-corrected chi connectivity index (χ4v) is 2.35. The van der Waals surface area contributed by atoms with Gasteiger partial charge in [0, 0.05) is 17.8 Å². The van der Waals surface area contributed by atoms with Crippen molar-refractivity contribution in [2.45, 2.75) is 6.54 Å². The number of hydrogen-bond acceptors (Lipinski definition) is 2. The maximum atomic E-state index is 5.50. The van der Waals surface area contributed by atoms with Gasteiger partial charge in [0.25, 0.3) is 0 Å². The minimum absolute atomic E-state index is 0.748. The van der Waals surface area contributed by atoms with Gasteiger partial charge >= 0.3 is 0 Å². The third kappa shape index (κ3) is 2.59. The second-order valence-electron chi connectivity index (χ2n) is 4.73. The van der Waals surface area contributed by atoms with Crippen LogP contribution in [0.15, 0.2) is 66.7 Å². The zero-order valence-corrected chi connectivity index (χ0v) is 11.5. The number of methoxy groups -OCH3 is 1. The highest BCUT2D eigenvalue weighted by molar-refractivity contribution is 5.85. The molecule has 3 aromatic carbocycles. The number of para-hydroxylation sites is 1. The molecule has 0 heterocycles. The van der Waals surface area contributed by atoms with Crippen molar-refractivity contribution in [2.75, 3.05) is 12.4 Å². The van der Waals surface area contributed by atoms with Crippen LogP contribution in [-0.4, -0.2) is 7.11 Å². The molecule has 0 unspecified atom stereocenters. The van der Waals surface area contributed by atoms with Crippen molar-refractivity contribution < 1.29 is 4.74 Å². The molecule has 0 saturated heterocycles. The molecule has 1 N–H and O–H groups in total. The Morgan fingerprint density at radius 2 is 1.50 bits per heavy atom. The predicted octanol–water partition coefficient (Wildman–Crippen LogP) is 4.46. The molecule has 0 bridgehead atoms. The molecule has 0 aromatic heterocycles. The number of hydrogen-bond donors (Lipinski definition) is 1. The molecule has 0 saturated carbocycles. The number of anilines is 1. The van der Waals surface area contributed by atoms with E-state index in [-0.39, 0.29) is 0 Å². The molecule has 0 aliphatic heterocycles. The normalized spacial score (nSPS) is 10.4. The summed E-state index contributed by atoms with van der Waals surface area (Å²) in [4.78, 5) is 0. The smallest absolute Gasteiger partial charge is 0.124 e. The summed E-state index contributed by atoms with van der Waals surface area (Å²) < 4.78 is 5.50. The van der Waals surface area contributed by atoms with Crippen LogP contribution >= 0.6 is 0 Å². The van der Waals surface area contributed by atoms with E-state index in [1.807, 2.05) is 24.3 Å². The summed E-state index contributed by atoms with van der Waals surface area (Å²) in [6.07, 6.45) is 0. The van der Waals surface area contributed by atoms with Crippen molar-refractivity contribution in [3.05, 3.63) is 72.3 Å². The van der Waals surface area contributed by atoms with Crippen LogP contribution in [0.5, 0.6) is 5.75 Å². The van der Waals surface area contributed by atoms with Crippen molar-refractivity contribution in [1.82, 2.24) is 0 Å². The van der Waals surface area contributed by atoms with E-state index in [1.165, 1.54) is 10.8 Å². The molecule has 2 heteroatoms. The van der Waals surface area contributed by atoms with Gasteiger partial charge in [0.1, 0.15) is 5.75 Å². The molecular weight excluding hydrogens is 246 g/mol. The SMILES string of the molecule is COc1cc2ccccc2cc1CNc1ccccc1. The Labute approximate surface area is 119 Å². The lowest BCUT2D eigenvalue weighted by molar-refractivity contribution is 0.411. The van der Waals surface area contributed by atoms with Gasteiger partial charge in [-0.15, -0.1) is 0 Å². The quantitative estimate of drug-likeness (QED) is 0.750. The molecule has 0 spiro atoms. The highest BCUT2D eigenvalue weighted by atomic mass is 16.5. The molecule has 2 nitrogen and oxygen atoms in total. The Kier molecular flexibility index (Phi) is 3.55. The summed E-state index contributed by atoms with van der Waals surface area (Å²) in [5, 5.41) is 5.86. The number of rotatable bonds is 4. The summed E-state index contributed by atoms with van der Waals surface area (Å²) in [7, 11) is 1.72. The first-order chi connectivity index (χ1) is 9.86. The highest BCUT2D eigenvalue weighted by Crippen LogP contribution is 2.26. The van der Waals surface area contributed by atoms with E-state index in [4.69, 9.17) is 4.74 Å². The molecule has 0 fully saturated rings. The summed E-state index contributed by atoms with van der Waals surface area (Å²) in [6, 6.07) is 22.8. The second-order valence-corrected chi connectivity index (χ2v) is 4.73. The molecule has 100 valence electrons. The van der Waals surface area contributed by atoms with Gasteiger partial charge in [-0.1, -0.05) is 42.5 Å². The van der Waals surface area contributed by atoms with Gasteiger partial charge < -0.3 is 10.1 Å². The lowest BCUT2D eigenvalue weighted by Crippen LogP contribution is -2.01. The average Bonchev–Trinajstić information content (AvgIpc) is 2.53. The van der Waals surface area contributed by atoms with Crippen LogP contribution in [0.4, 0.5) is 5.69 Å². The van der Waals surface area contributed by atoms with Gasteiger partial charge in [-0.25, -0.2) is 0 Å². The second kappa shape index (κ2) is 5.66. The van der Waals surface area contributed by atoms with E-state index in [1.54, 1.807) is 7.11 Å². The third-order valence-electron chi connectivity index (χ3n) is 3.41. The van der Waals surface area contributed by atoms with Gasteiger partial charge in [-0.2, -0.15) is 0 Å². The van der Waals surface area contributed by atoms with Crippen molar-refractivity contribution in [1.29, 1.82) is 0 Å². The van der Waals surface area contributed by atoms with Crippen LogP contribution in [0, 0.1) is 0 Å². The van der Waals surface area contributed by atoms with Crippen LogP contribution in [0.25, 0.3) is 10.8 Å². The van der Waals surface area contributed by atoms with Crippen molar-refractivity contribution in [3.63, 3.8) is 0 Å². The lowest BCUT2D eigenvalue weighted by atomic mass is 10.1. The third-order valence-corrected chi connectivity index (χ3v) is 3.41. The summed E-state index contributed by atoms with van der Waals surface area (Å²) >= 11 is 0. The van der Waals surface area contributed by atoms with Crippen molar-refractivity contribution >= 4 is 16.5 Å². The van der Waals surface area contributed by atoms with Crippen molar-refractivity contribution in [3.8, 4) is 5.75 Å². The van der Waals surface area contributed by atoms with Gasteiger partial charge in [0.2, 0.25) is 0 Å². The van der Waals surface area contributed by atoms with E-state index in [0.717, 1.165) is 23.5 Å². The first-order valence-corrected chi connectivity index (χ1v) is 6.71. The summed E-state index contributed by atoms with van der Waals surface area (Å²) in [5.74, 6) is 0.923. The number of benzene rings is 3. The van der Waals surface area contributed by atoms with E-state index >= 15 is 0 Å². The topological polar surface area (TPSA) is 21.3 Å². The molecule has 0 aliphatic carbocycles. The Morgan fingerprint density at radius 1 is 0.850 bits per heavy atom. The number of ether oxygens (including phenoxy) is 1. The lowest BCUT2D eigenvalue weighted by Gasteiger charge is -2.12. The Bertz CT molecular complexity index is 707. The first-order valence-electron chi connectivity index (χ1n) is 6.71. The van der Waals surface area contributed by atoms with E-state index in [9.17, 15) is 0 Å². The zero-order chi connectivity index (χ0) is 13.8. The monoisotopic (exact) mass is 263 g/mol. The summed E-state index contributed by atoms with van der Waals surface area (Å²) in [5.41, 5.74) is 2.28. The summed E-state index contributed by atoms with van der Waals surface area (Å²) in [6.45, 7) is 0.748. The molecule has 0 aliphatic rings. The van der Waals surface area contributed by atoms with Crippen LogP contribution < -0.4 is 10.1 Å². The molecule has 0 atom stereocenters. The van der Waals surface area contributed by atoms with Crippen LogP contribution in [0.2, 0.25) is 0 Å². The van der Waals surface area contributed by atoms with Gasteiger partial charge in [-0.05, 0) is 35.0 Å². The Morgan fingerprint density at radius 3 is 2.20 bits per heavy atom. The van der Waals surface area contributed by atoms with Gasteiger partial charge in [0.15, 0.2) is 0 Å². The predicted molar refractivity (Wildman–Crippen MR) is 84.3 cm³/mol. The first kappa shape index (κ1) is 12.5. The molecule has 0 radical (unpaired) electrons. The number of fused-ring (bicyclic) bond motifs is 1. The van der Waals surface area contributed by atoms with Crippen molar-refractivity contribution in [2.24, 2.45) is 0 Å². The molecule has 20 heavy (non-hydrogen) atoms. The average molecular weight is 263 g/mol. The standard InChI is InChI=1S/C18H17NO/c1-20-18-12-15-8-6-5-7-14(15)11-16(18)13-19-17-9-3-2-4-10-17/h2-12,19H,13H2,1H3. The highest BCUT2D eigenvalue weighted by Gasteiger charge is 2.05. The van der Waals surface area contributed by atoms with E-state index in [2.05, 4.69) is 47.8 Å². The minimum atomic E-state index is 0.748. The fourth-order valence-electron chi connectivity index (χ4n) is 2.35. The van der Waals surface area contributed by atoms with Crippen LogP contribution in [0.3, 0.4) is 0 Å². The van der Waals surface area contributed by atoms with Gasteiger partial charge in [-0.3, -0.25) is 0 Å². The minimum Gasteiger partial charge on any atom is -0.496 e. The van der Waals surface area contributed by atoms with Gasteiger partial charge in [0.05, 0.1) is 7.11 Å². The molecule has 3 rings (SSSR count). The van der Waals surface area contributed by atoms with E-state index in [0.29, 0.717) is 0 Å². The zero-order valence-electron chi connectivity index (χ0n) is 11.5. The molecule has 3 aromatic rings. The number of nitrogens with one attached hydrogen (secondary N) is 1. The Hall–Kier alpha value is -2.48.